The highest BCUT2D eigenvalue weighted by atomic mass is 32.2. The summed E-state index contributed by atoms with van der Waals surface area (Å²) in [5, 5.41) is 5.57. The summed E-state index contributed by atoms with van der Waals surface area (Å²) in [6.07, 6.45) is 4.88. The Kier molecular flexibility index (Phi) is 6.98. The van der Waals surface area contributed by atoms with Gasteiger partial charge in [0.1, 0.15) is 5.82 Å². The second kappa shape index (κ2) is 10.1. The van der Waals surface area contributed by atoms with Gasteiger partial charge in [-0.1, -0.05) is 42.5 Å². The molecule has 0 unspecified atom stereocenters. The maximum Gasteiger partial charge on any atom is 0.248 e. The number of amides is 2. The fraction of sp³-hybridized carbons (Fsp3) is 0.0455. The Bertz CT molecular complexity index is 960. The predicted octanol–water partition coefficient (Wildman–Crippen LogP) is 4.46. The average Bonchev–Trinajstić information content (AvgIpc) is 2.73. The Morgan fingerprint density at radius 2 is 1.75 bits per heavy atom. The lowest BCUT2D eigenvalue weighted by molar-refractivity contribution is -0.114. The summed E-state index contributed by atoms with van der Waals surface area (Å²) in [6.45, 7) is 0. The third kappa shape index (κ3) is 6.41. The molecule has 0 fully saturated rings. The number of hydrogen-bond donors (Lipinski definition) is 2. The molecule has 0 aliphatic rings. The minimum Gasteiger partial charge on any atom is -0.322 e. The van der Waals surface area contributed by atoms with Gasteiger partial charge in [0.15, 0.2) is 0 Å². The quantitative estimate of drug-likeness (QED) is 0.462. The number of nitrogens with one attached hydrogen (secondary N) is 2. The van der Waals surface area contributed by atoms with E-state index in [-0.39, 0.29) is 17.6 Å². The molecule has 140 valence electrons. The van der Waals surface area contributed by atoms with E-state index >= 15 is 0 Å². The Morgan fingerprint density at radius 3 is 2.54 bits per heavy atom. The Morgan fingerprint density at radius 1 is 0.929 bits per heavy atom. The van der Waals surface area contributed by atoms with Gasteiger partial charge in [-0.15, -0.1) is 11.8 Å². The zero-order valence-corrected chi connectivity index (χ0v) is 15.9. The lowest BCUT2D eigenvalue weighted by Crippen LogP contribution is -2.14. The van der Waals surface area contributed by atoms with E-state index in [4.69, 9.17) is 0 Å². The van der Waals surface area contributed by atoms with E-state index in [9.17, 15) is 9.59 Å². The Hall–Kier alpha value is -3.38. The van der Waals surface area contributed by atoms with E-state index in [1.807, 2.05) is 60.7 Å². The van der Waals surface area contributed by atoms with E-state index in [0.717, 1.165) is 10.5 Å². The molecule has 2 N–H and O–H groups in total. The third-order valence-electron chi connectivity index (χ3n) is 3.63. The second-order valence-electron chi connectivity index (χ2n) is 5.81. The molecule has 0 aliphatic carbocycles. The molecule has 3 rings (SSSR count). The maximum absolute atomic E-state index is 12.1. The van der Waals surface area contributed by atoms with Crippen LogP contribution in [-0.2, 0) is 9.59 Å². The van der Waals surface area contributed by atoms with Crippen molar-refractivity contribution in [2.24, 2.45) is 0 Å². The topological polar surface area (TPSA) is 71.1 Å². The summed E-state index contributed by atoms with van der Waals surface area (Å²) in [6, 6.07) is 22.4. The van der Waals surface area contributed by atoms with Crippen LogP contribution in [-0.4, -0.2) is 22.6 Å². The van der Waals surface area contributed by atoms with Crippen molar-refractivity contribution in [3.63, 3.8) is 0 Å². The average molecular weight is 389 g/mol. The predicted molar refractivity (Wildman–Crippen MR) is 114 cm³/mol. The van der Waals surface area contributed by atoms with Gasteiger partial charge in [-0.3, -0.25) is 9.59 Å². The summed E-state index contributed by atoms with van der Waals surface area (Å²) < 4.78 is 0. The molecule has 1 heterocycles. The number of rotatable bonds is 7. The highest BCUT2D eigenvalue weighted by molar-refractivity contribution is 8.00. The second-order valence-corrected chi connectivity index (χ2v) is 6.86. The number of benzene rings is 2. The molecular formula is C22H19N3O2S. The van der Waals surface area contributed by atoms with Crippen LogP contribution in [0.3, 0.4) is 0 Å². The normalized spacial score (nSPS) is 10.6. The maximum atomic E-state index is 12.1. The summed E-state index contributed by atoms with van der Waals surface area (Å²) in [5.41, 5.74) is 1.64. The van der Waals surface area contributed by atoms with Crippen molar-refractivity contribution in [3.8, 4) is 0 Å². The van der Waals surface area contributed by atoms with Crippen LogP contribution in [0, 0.1) is 0 Å². The molecule has 2 aromatic carbocycles. The summed E-state index contributed by atoms with van der Waals surface area (Å²) >= 11 is 1.39. The van der Waals surface area contributed by atoms with E-state index in [1.165, 1.54) is 17.8 Å². The molecule has 0 atom stereocenters. The van der Waals surface area contributed by atoms with Crippen LogP contribution in [0.2, 0.25) is 0 Å². The molecular weight excluding hydrogens is 370 g/mol. The number of thioether (sulfide) groups is 1. The van der Waals surface area contributed by atoms with E-state index in [1.54, 1.807) is 24.4 Å². The van der Waals surface area contributed by atoms with Gasteiger partial charge in [0.25, 0.3) is 0 Å². The van der Waals surface area contributed by atoms with Gasteiger partial charge in [-0.25, -0.2) is 4.98 Å². The van der Waals surface area contributed by atoms with Gasteiger partial charge < -0.3 is 10.6 Å². The van der Waals surface area contributed by atoms with Gasteiger partial charge in [-0.2, -0.15) is 0 Å². The van der Waals surface area contributed by atoms with Crippen LogP contribution in [0.5, 0.6) is 0 Å². The molecule has 0 spiro atoms. The molecule has 0 aliphatic heterocycles. The number of aromatic nitrogens is 1. The highest BCUT2D eigenvalue weighted by Crippen LogP contribution is 2.22. The monoisotopic (exact) mass is 389 g/mol. The molecule has 2 amide bonds. The van der Waals surface area contributed by atoms with Crippen LogP contribution in [0.25, 0.3) is 6.08 Å². The molecule has 3 aromatic rings. The van der Waals surface area contributed by atoms with Gasteiger partial charge in [0.05, 0.1) is 5.75 Å². The molecule has 0 saturated heterocycles. The van der Waals surface area contributed by atoms with Crippen molar-refractivity contribution < 1.29 is 9.59 Å². The number of pyridine rings is 1. The summed E-state index contributed by atoms with van der Waals surface area (Å²) in [5.74, 6) is 0.434. The number of carbonyl (C=O) groups excluding carboxylic acids is 2. The third-order valence-corrected chi connectivity index (χ3v) is 4.62. The van der Waals surface area contributed by atoms with Crippen LogP contribution in [0.15, 0.2) is 90.0 Å². The molecule has 5 nitrogen and oxygen atoms in total. The SMILES string of the molecule is O=C(/C=C/c1ccccc1)Nc1cccc(SCC(=O)Nc2ccccn2)c1. The molecule has 28 heavy (non-hydrogen) atoms. The van der Waals surface area contributed by atoms with Gasteiger partial charge in [0.2, 0.25) is 11.8 Å². The fourth-order valence-corrected chi connectivity index (χ4v) is 3.10. The lowest BCUT2D eigenvalue weighted by atomic mass is 10.2. The first-order valence-corrected chi connectivity index (χ1v) is 9.65. The van der Waals surface area contributed by atoms with Crippen LogP contribution in [0.1, 0.15) is 5.56 Å². The first kappa shape index (κ1) is 19.4. The van der Waals surface area contributed by atoms with Crippen molar-refractivity contribution >= 4 is 41.2 Å². The van der Waals surface area contributed by atoms with Crippen molar-refractivity contribution in [2.75, 3.05) is 16.4 Å². The van der Waals surface area contributed by atoms with Crippen molar-refractivity contribution in [2.45, 2.75) is 4.90 Å². The van der Waals surface area contributed by atoms with Gasteiger partial charge in [-0.05, 0) is 42.0 Å². The zero-order chi connectivity index (χ0) is 19.6. The molecule has 0 radical (unpaired) electrons. The van der Waals surface area contributed by atoms with Crippen LogP contribution >= 0.6 is 11.8 Å². The summed E-state index contributed by atoms with van der Waals surface area (Å²) in [7, 11) is 0. The molecule has 1 aromatic heterocycles. The zero-order valence-electron chi connectivity index (χ0n) is 15.0. The largest absolute Gasteiger partial charge is 0.322 e. The summed E-state index contributed by atoms with van der Waals surface area (Å²) in [4.78, 5) is 29.1. The fourth-order valence-electron chi connectivity index (χ4n) is 2.35. The Labute approximate surface area is 167 Å². The smallest absolute Gasteiger partial charge is 0.248 e. The number of carbonyl (C=O) groups is 2. The van der Waals surface area contributed by atoms with Crippen LogP contribution in [0.4, 0.5) is 11.5 Å². The first-order valence-electron chi connectivity index (χ1n) is 8.67. The van der Waals surface area contributed by atoms with Gasteiger partial charge >= 0.3 is 0 Å². The van der Waals surface area contributed by atoms with E-state index < -0.39 is 0 Å². The standard InChI is InChI=1S/C22H19N3O2S/c26-21(13-12-17-7-2-1-3-8-17)24-18-9-6-10-19(15-18)28-16-22(27)25-20-11-4-5-14-23-20/h1-15H,16H2,(H,24,26)(H,23,25,27)/b13-12+. The Balaban J connectivity index is 1.51. The number of nitrogens with zero attached hydrogens (tertiary/aromatic N) is 1. The number of hydrogen-bond acceptors (Lipinski definition) is 4. The molecule has 0 saturated carbocycles. The minimum absolute atomic E-state index is 0.135. The lowest BCUT2D eigenvalue weighted by Gasteiger charge is -2.06. The minimum atomic E-state index is -0.209. The van der Waals surface area contributed by atoms with Crippen LogP contribution < -0.4 is 10.6 Å². The van der Waals surface area contributed by atoms with Gasteiger partial charge in [0, 0.05) is 22.9 Å². The number of anilines is 2. The molecule has 0 bridgehead atoms. The molecule has 6 heteroatoms. The van der Waals surface area contributed by atoms with Crippen molar-refractivity contribution in [1.29, 1.82) is 0 Å². The van der Waals surface area contributed by atoms with Crippen molar-refractivity contribution in [1.82, 2.24) is 4.98 Å². The van der Waals surface area contributed by atoms with E-state index in [0.29, 0.717) is 11.5 Å². The van der Waals surface area contributed by atoms with Crippen molar-refractivity contribution in [3.05, 3.63) is 90.6 Å². The first-order chi connectivity index (χ1) is 13.7. The van der Waals surface area contributed by atoms with E-state index in [2.05, 4.69) is 15.6 Å². The highest BCUT2D eigenvalue weighted by Gasteiger charge is 2.05.